The van der Waals surface area contributed by atoms with E-state index in [-0.39, 0.29) is 11.8 Å². The van der Waals surface area contributed by atoms with Gasteiger partial charge in [0.1, 0.15) is 0 Å². The van der Waals surface area contributed by atoms with Gasteiger partial charge < -0.3 is 45.9 Å². The summed E-state index contributed by atoms with van der Waals surface area (Å²) in [6, 6.07) is 0. The molecule has 330 valence electrons. The first-order valence-corrected chi connectivity index (χ1v) is 20.2. The van der Waals surface area contributed by atoms with E-state index in [0.29, 0.717) is 18.6 Å². The van der Waals surface area contributed by atoms with E-state index in [4.69, 9.17) is 0 Å². The minimum Gasteiger partial charge on any atom is -0.333 e. The number of nitrogens with two attached hydrogens (primary N) is 8. The number of carbonyl (C=O) groups excluding carboxylic acids is 2. The van der Waals surface area contributed by atoms with Crippen LogP contribution in [0.15, 0.2) is 0 Å². The summed E-state index contributed by atoms with van der Waals surface area (Å²) in [5.74, 6) is 2.65. The molecule has 0 bridgehead atoms. The lowest BCUT2D eigenvalue weighted by Crippen LogP contribution is -2.37. The molecule has 50 heavy (non-hydrogen) atoms. The van der Waals surface area contributed by atoms with Crippen molar-refractivity contribution in [3.63, 3.8) is 0 Å². The minimum atomic E-state index is -0.00755. The molecular formula is C34H110N12O2S2. The number of hydrogen-bond acceptors (Lipinski definition) is 14. The van der Waals surface area contributed by atoms with E-state index in [1.54, 1.807) is 11.8 Å². The molecule has 0 saturated heterocycles. The molecule has 16 heteroatoms. The van der Waals surface area contributed by atoms with Crippen LogP contribution < -0.4 is 67.6 Å². The Kier molecular flexibility index (Phi) is 799. The molecule has 14 nitrogen and oxygen atoms in total. The zero-order chi connectivity index (χ0) is 45.6. The van der Waals surface area contributed by atoms with Crippen LogP contribution in [0.3, 0.4) is 0 Å². The maximum atomic E-state index is 10.9. The van der Waals surface area contributed by atoms with Crippen LogP contribution in [0.25, 0.3) is 0 Å². The van der Waals surface area contributed by atoms with Gasteiger partial charge in [-0.1, -0.05) is 118 Å². The third-order valence-corrected chi connectivity index (χ3v) is 2.95. The van der Waals surface area contributed by atoms with E-state index in [1.807, 2.05) is 111 Å². The van der Waals surface area contributed by atoms with E-state index in [0.717, 1.165) is 24.6 Å². The van der Waals surface area contributed by atoms with E-state index in [2.05, 4.69) is 87.1 Å². The fraction of sp³-hybridized carbons (Fsp3) is 0.941. The summed E-state index contributed by atoms with van der Waals surface area (Å²) in [6.45, 7) is 35.5. The Bertz CT molecular complexity index is 274. The van der Waals surface area contributed by atoms with Crippen molar-refractivity contribution in [2.24, 2.45) is 45.9 Å². The van der Waals surface area contributed by atoms with E-state index >= 15 is 0 Å². The maximum Gasteiger partial charge on any atom is 0.234 e. The lowest BCUT2D eigenvalue weighted by molar-refractivity contribution is -0.122. The number of nitrogens with one attached hydrogen (secondary N) is 4. The Balaban J connectivity index is -0.0000000168. The van der Waals surface area contributed by atoms with Gasteiger partial charge in [-0.25, -0.2) is 10.9 Å². The van der Waals surface area contributed by atoms with Crippen LogP contribution >= 0.6 is 24.4 Å². The van der Waals surface area contributed by atoms with Crippen LogP contribution in [0, 0.1) is 0 Å². The molecule has 0 rings (SSSR count). The Morgan fingerprint density at radius 1 is 0.440 bits per heavy atom. The van der Waals surface area contributed by atoms with Crippen molar-refractivity contribution in [3.8, 4) is 0 Å². The van der Waals surface area contributed by atoms with Gasteiger partial charge in [0.15, 0.2) is 0 Å². The monoisotopic (exact) mass is 783 g/mol. The molecular weight excluding hydrogens is 673 g/mol. The van der Waals surface area contributed by atoms with Crippen molar-refractivity contribution in [2.45, 2.75) is 131 Å². The number of rotatable bonds is 10. The topological polar surface area (TPSA) is 290 Å². The van der Waals surface area contributed by atoms with Gasteiger partial charge in [0.25, 0.3) is 0 Å². The summed E-state index contributed by atoms with van der Waals surface area (Å²) in [5.41, 5.74) is 46.5. The summed E-state index contributed by atoms with van der Waals surface area (Å²) in [4.78, 5) is 21.5. The highest BCUT2D eigenvalue weighted by Gasteiger charge is 1.97. The number of hydrogen-bond donors (Lipinski definition) is 13. The molecule has 0 heterocycles. The fourth-order valence-corrected chi connectivity index (χ4v) is 1.73. The molecule has 0 aliphatic rings. The summed E-state index contributed by atoms with van der Waals surface area (Å²) in [6.07, 6.45) is 1.07. The molecule has 0 unspecified atom stereocenters. The number of thioether (sulfide) groups is 1. The predicted octanol–water partition coefficient (Wildman–Crippen LogP) is 4.50. The Morgan fingerprint density at radius 2 is 0.640 bits per heavy atom. The maximum absolute atomic E-state index is 10.9. The first kappa shape index (κ1) is 110. The molecule has 0 atom stereocenters. The van der Waals surface area contributed by atoms with Crippen molar-refractivity contribution >= 4 is 36.2 Å². The molecule has 0 fully saturated rings. The highest BCUT2D eigenvalue weighted by molar-refractivity contribution is 7.99. The van der Waals surface area contributed by atoms with Crippen molar-refractivity contribution in [1.29, 1.82) is 0 Å². The highest BCUT2D eigenvalue weighted by atomic mass is 32.2. The molecule has 0 aromatic heterocycles. The first-order chi connectivity index (χ1) is 24.6. The normalized spacial score (nSPS) is 5.56. The molecule has 0 radical (unpaired) electrons. The van der Waals surface area contributed by atoms with Gasteiger partial charge in [0.2, 0.25) is 11.8 Å². The summed E-state index contributed by atoms with van der Waals surface area (Å²) >= 11 is 5.67. The Morgan fingerprint density at radius 3 is 0.800 bits per heavy atom. The summed E-state index contributed by atoms with van der Waals surface area (Å²) in [7, 11) is 12.0. The molecule has 20 N–H and O–H groups in total. The first-order valence-electron chi connectivity index (χ1n) is 18.5. The number of hydrazine groups is 2. The molecule has 0 saturated carbocycles. The Labute approximate surface area is 329 Å². The van der Waals surface area contributed by atoms with E-state index in [1.165, 1.54) is 56.4 Å². The molecule has 0 aromatic rings. The SMILES string of the molecule is CC.CC.CC.CC.CC.CC.CC.CCNNC(=O)CCS.CCNNC(=O)CCSCC.CN.CN.CN.CN.CN.CN.CN.CN. The largest absolute Gasteiger partial charge is 0.333 e. The van der Waals surface area contributed by atoms with Crippen LogP contribution in [-0.4, -0.2) is 98.5 Å². The highest BCUT2D eigenvalue weighted by Crippen LogP contribution is 1.99. The van der Waals surface area contributed by atoms with Gasteiger partial charge in [-0.15, -0.1) is 0 Å². The van der Waals surface area contributed by atoms with Crippen LogP contribution in [0.4, 0.5) is 0 Å². The smallest absolute Gasteiger partial charge is 0.234 e. The average Bonchev–Trinajstić information content (AvgIpc) is 3.27. The van der Waals surface area contributed by atoms with Crippen molar-refractivity contribution in [1.82, 2.24) is 21.7 Å². The second kappa shape index (κ2) is 362. The zero-order valence-electron chi connectivity index (χ0n) is 39.2. The van der Waals surface area contributed by atoms with E-state index in [9.17, 15) is 9.59 Å². The molecule has 0 aliphatic carbocycles. The lowest BCUT2D eigenvalue weighted by atomic mass is 10.5. The van der Waals surface area contributed by atoms with Gasteiger partial charge in [-0.2, -0.15) is 24.4 Å². The molecule has 0 spiro atoms. The standard InChI is InChI=1S/C7H16N2OS.C5H12N2OS.7C2H6.8CH5N/c1-3-8-9-7(10)5-6-11-4-2;1-2-6-7-5(8)3-4-9;15*1-2/h8H,3-6H2,1-2H3,(H,9,10);6,9H,2-4H2,1H3,(H,7,8);7*1-2H3;8*2H2,1H3. The second-order valence-corrected chi connectivity index (χ2v) is 5.42. The van der Waals surface area contributed by atoms with Crippen molar-refractivity contribution in [3.05, 3.63) is 0 Å². The minimum absolute atomic E-state index is 0.00755. The molecule has 2 amide bonds. The van der Waals surface area contributed by atoms with Gasteiger partial charge in [-0.3, -0.25) is 20.4 Å². The van der Waals surface area contributed by atoms with Crippen LogP contribution in [-0.2, 0) is 9.59 Å². The fourth-order valence-electron chi connectivity index (χ4n) is 0.910. The third kappa shape index (κ3) is 435. The average molecular weight is 783 g/mol. The van der Waals surface area contributed by atoms with Crippen LogP contribution in [0.5, 0.6) is 0 Å². The van der Waals surface area contributed by atoms with E-state index < -0.39 is 0 Å². The second-order valence-electron chi connectivity index (χ2n) is 3.58. The van der Waals surface area contributed by atoms with Crippen molar-refractivity contribution in [2.75, 3.05) is 86.7 Å². The zero-order valence-corrected chi connectivity index (χ0v) is 41.0. The number of carbonyl (C=O) groups is 2. The lowest BCUT2D eigenvalue weighted by Gasteiger charge is -2.03. The quantitative estimate of drug-likeness (QED) is 0.0826. The van der Waals surface area contributed by atoms with Gasteiger partial charge in [-0.05, 0) is 67.9 Å². The van der Waals surface area contributed by atoms with Crippen molar-refractivity contribution < 1.29 is 9.59 Å². The number of amides is 2. The number of thiol groups is 1. The van der Waals surface area contributed by atoms with Gasteiger partial charge in [0, 0.05) is 31.7 Å². The Hall–Kier alpha value is -0.760. The predicted molar refractivity (Wildman–Crippen MR) is 250 cm³/mol. The van der Waals surface area contributed by atoms with Crippen LogP contribution in [0.2, 0.25) is 0 Å². The molecule has 0 aromatic carbocycles. The van der Waals surface area contributed by atoms with Crippen LogP contribution in [0.1, 0.15) is 131 Å². The third-order valence-electron chi connectivity index (χ3n) is 1.83. The summed E-state index contributed by atoms with van der Waals surface area (Å²) < 4.78 is 0. The molecule has 0 aliphatic heterocycles. The van der Waals surface area contributed by atoms with Gasteiger partial charge >= 0.3 is 0 Å². The summed E-state index contributed by atoms with van der Waals surface area (Å²) in [5, 5.41) is 0. The van der Waals surface area contributed by atoms with Gasteiger partial charge in [0.05, 0.1) is 0 Å².